The van der Waals surface area contributed by atoms with Crippen LogP contribution in [-0.2, 0) is 13.0 Å². The Morgan fingerprint density at radius 2 is 2.33 bits per heavy atom. The predicted molar refractivity (Wildman–Crippen MR) is 67.6 cm³/mol. The summed E-state index contributed by atoms with van der Waals surface area (Å²) < 4.78 is 14.8. The van der Waals surface area contributed by atoms with E-state index in [-0.39, 0.29) is 5.82 Å². The molecule has 5 heteroatoms. The second-order valence-corrected chi connectivity index (χ2v) is 4.36. The molecule has 0 aliphatic carbocycles. The molecule has 0 radical (unpaired) electrons. The lowest BCUT2D eigenvalue weighted by Gasteiger charge is -2.13. The molecule has 1 heterocycles. The van der Waals surface area contributed by atoms with Crippen LogP contribution in [-0.4, -0.2) is 27.6 Å². The van der Waals surface area contributed by atoms with Crippen LogP contribution in [0.4, 0.5) is 4.39 Å². The van der Waals surface area contributed by atoms with Crippen LogP contribution in [0.15, 0.2) is 36.7 Å². The Labute approximate surface area is 106 Å². The van der Waals surface area contributed by atoms with Crippen molar-refractivity contribution in [3.05, 3.63) is 48.0 Å². The minimum atomic E-state index is -0.178. The zero-order chi connectivity index (χ0) is 12.8. The van der Waals surface area contributed by atoms with Crippen molar-refractivity contribution in [2.45, 2.75) is 25.9 Å². The third-order valence-corrected chi connectivity index (χ3v) is 2.74. The molecule has 0 aliphatic rings. The number of aromatic nitrogens is 3. The molecule has 0 aliphatic heterocycles. The smallest absolute Gasteiger partial charge is 0.123 e. The highest BCUT2D eigenvalue weighted by molar-refractivity contribution is 5.17. The van der Waals surface area contributed by atoms with Crippen molar-refractivity contribution >= 4 is 0 Å². The third-order valence-electron chi connectivity index (χ3n) is 2.74. The van der Waals surface area contributed by atoms with E-state index in [0.717, 1.165) is 25.1 Å². The van der Waals surface area contributed by atoms with Gasteiger partial charge in [-0.2, -0.15) is 0 Å². The molecule has 0 saturated carbocycles. The SMILES string of the molecule is CC(Cc1cccc(F)c1)NCCn1ccnn1. The van der Waals surface area contributed by atoms with E-state index in [1.165, 1.54) is 6.07 Å². The van der Waals surface area contributed by atoms with E-state index in [2.05, 4.69) is 22.6 Å². The second-order valence-electron chi connectivity index (χ2n) is 4.36. The van der Waals surface area contributed by atoms with Crippen LogP contribution in [0.1, 0.15) is 12.5 Å². The van der Waals surface area contributed by atoms with Gasteiger partial charge in [0.2, 0.25) is 0 Å². The van der Waals surface area contributed by atoms with Gasteiger partial charge in [0, 0.05) is 18.8 Å². The summed E-state index contributed by atoms with van der Waals surface area (Å²) in [7, 11) is 0. The van der Waals surface area contributed by atoms with Crippen LogP contribution < -0.4 is 5.32 Å². The molecule has 2 aromatic rings. The Kier molecular flexibility index (Phi) is 4.41. The van der Waals surface area contributed by atoms with Crippen molar-refractivity contribution < 1.29 is 4.39 Å². The van der Waals surface area contributed by atoms with E-state index in [1.54, 1.807) is 23.0 Å². The van der Waals surface area contributed by atoms with Crippen molar-refractivity contribution in [2.24, 2.45) is 0 Å². The van der Waals surface area contributed by atoms with E-state index >= 15 is 0 Å². The lowest BCUT2D eigenvalue weighted by atomic mass is 10.1. The highest BCUT2D eigenvalue weighted by Crippen LogP contribution is 2.06. The summed E-state index contributed by atoms with van der Waals surface area (Å²) >= 11 is 0. The number of hydrogen-bond donors (Lipinski definition) is 1. The summed E-state index contributed by atoms with van der Waals surface area (Å²) in [4.78, 5) is 0. The average molecular weight is 248 g/mol. The number of halogens is 1. The standard InChI is InChI=1S/C13H17FN4/c1-11(9-12-3-2-4-13(14)10-12)15-5-7-18-8-6-16-17-18/h2-4,6,8,10-11,15H,5,7,9H2,1H3. The quantitative estimate of drug-likeness (QED) is 0.845. The normalized spacial score (nSPS) is 12.6. The van der Waals surface area contributed by atoms with Crippen LogP contribution in [0.25, 0.3) is 0 Å². The minimum absolute atomic E-state index is 0.178. The molecule has 0 amide bonds. The molecule has 96 valence electrons. The van der Waals surface area contributed by atoms with E-state index in [9.17, 15) is 4.39 Å². The average Bonchev–Trinajstić information content (AvgIpc) is 2.82. The maximum absolute atomic E-state index is 13.0. The van der Waals surface area contributed by atoms with Gasteiger partial charge in [0.25, 0.3) is 0 Å². The fraction of sp³-hybridized carbons (Fsp3) is 0.385. The number of benzene rings is 1. The van der Waals surface area contributed by atoms with Crippen LogP contribution in [0, 0.1) is 5.82 Å². The van der Waals surface area contributed by atoms with Gasteiger partial charge in [0.05, 0.1) is 12.7 Å². The second kappa shape index (κ2) is 6.26. The van der Waals surface area contributed by atoms with Gasteiger partial charge in [0.1, 0.15) is 5.82 Å². The third kappa shape index (κ3) is 3.92. The molecule has 0 saturated heterocycles. The largest absolute Gasteiger partial charge is 0.312 e. The van der Waals surface area contributed by atoms with Gasteiger partial charge in [-0.1, -0.05) is 17.3 Å². The van der Waals surface area contributed by atoms with Crippen molar-refractivity contribution in [2.75, 3.05) is 6.54 Å². The summed E-state index contributed by atoms with van der Waals surface area (Å²) in [6.07, 6.45) is 4.31. The van der Waals surface area contributed by atoms with Gasteiger partial charge in [0.15, 0.2) is 0 Å². The highest BCUT2D eigenvalue weighted by Gasteiger charge is 2.03. The molecule has 2 rings (SSSR count). The van der Waals surface area contributed by atoms with Crippen LogP contribution in [0.5, 0.6) is 0 Å². The number of rotatable bonds is 6. The van der Waals surface area contributed by atoms with Crippen molar-refractivity contribution in [3.8, 4) is 0 Å². The molecule has 1 aromatic carbocycles. The first-order valence-corrected chi connectivity index (χ1v) is 6.06. The maximum atomic E-state index is 13.0. The Morgan fingerprint density at radius 1 is 1.44 bits per heavy atom. The summed E-state index contributed by atoms with van der Waals surface area (Å²) in [5.41, 5.74) is 1.01. The van der Waals surface area contributed by atoms with Crippen LogP contribution in [0.3, 0.4) is 0 Å². The van der Waals surface area contributed by atoms with E-state index in [0.29, 0.717) is 6.04 Å². The fourth-order valence-electron chi connectivity index (χ4n) is 1.87. The molecular formula is C13H17FN4. The Hall–Kier alpha value is -1.75. The number of nitrogens with one attached hydrogen (secondary N) is 1. The molecule has 0 bridgehead atoms. The molecule has 1 atom stereocenters. The molecule has 0 spiro atoms. The van der Waals surface area contributed by atoms with Gasteiger partial charge < -0.3 is 5.32 Å². The monoisotopic (exact) mass is 248 g/mol. The zero-order valence-corrected chi connectivity index (χ0v) is 10.4. The van der Waals surface area contributed by atoms with Gasteiger partial charge in [-0.3, -0.25) is 4.68 Å². The minimum Gasteiger partial charge on any atom is -0.312 e. The lowest BCUT2D eigenvalue weighted by Crippen LogP contribution is -2.31. The molecule has 0 fully saturated rings. The maximum Gasteiger partial charge on any atom is 0.123 e. The summed E-state index contributed by atoms with van der Waals surface area (Å²) in [6.45, 7) is 3.69. The van der Waals surface area contributed by atoms with Crippen LogP contribution >= 0.6 is 0 Å². The molecular weight excluding hydrogens is 231 g/mol. The van der Waals surface area contributed by atoms with E-state index < -0.39 is 0 Å². The van der Waals surface area contributed by atoms with Gasteiger partial charge >= 0.3 is 0 Å². The lowest BCUT2D eigenvalue weighted by molar-refractivity contribution is 0.486. The predicted octanol–water partition coefficient (Wildman–Crippen LogP) is 1.64. The molecule has 1 N–H and O–H groups in total. The highest BCUT2D eigenvalue weighted by atomic mass is 19.1. The number of nitrogens with zero attached hydrogens (tertiary/aromatic N) is 3. The van der Waals surface area contributed by atoms with E-state index in [4.69, 9.17) is 0 Å². The molecule has 18 heavy (non-hydrogen) atoms. The zero-order valence-electron chi connectivity index (χ0n) is 10.4. The van der Waals surface area contributed by atoms with Crippen molar-refractivity contribution in [3.63, 3.8) is 0 Å². The molecule has 1 unspecified atom stereocenters. The summed E-state index contributed by atoms with van der Waals surface area (Å²) in [5.74, 6) is -0.178. The topological polar surface area (TPSA) is 42.7 Å². The summed E-state index contributed by atoms with van der Waals surface area (Å²) in [6, 6.07) is 7.03. The van der Waals surface area contributed by atoms with Crippen molar-refractivity contribution in [1.82, 2.24) is 20.3 Å². The van der Waals surface area contributed by atoms with Gasteiger partial charge in [-0.15, -0.1) is 5.10 Å². The first-order chi connectivity index (χ1) is 8.74. The fourth-order valence-corrected chi connectivity index (χ4v) is 1.87. The summed E-state index contributed by atoms with van der Waals surface area (Å²) in [5, 5.41) is 11.0. The van der Waals surface area contributed by atoms with Crippen LogP contribution in [0.2, 0.25) is 0 Å². The Morgan fingerprint density at radius 3 is 3.06 bits per heavy atom. The first-order valence-electron chi connectivity index (χ1n) is 6.06. The van der Waals surface area contributed by atoms with E-state index in [1.807, 2.05) is 12.3 Å². The van der Waals surface area contributed by atoms with Crippen molar-refractivity contribution in [1.29, 1.82) is 0 Å². The Bertz CT molecular complexity index is 470. The Balaban J connectivity index is 1.73. The van der Waals surface area contributed by atoms with Gasteiger partial charge in [-0.25, -0.2) is 4.39 Å². The first kappa shape index (κ1) is 12.7. The van der Waals surface area contributed by atoms with Gasteiger partial charge in [-0.05, 0) is 31.0 Å². The number of hydrogen-bond acceptors (Lipinski definition) is 3. The molecule has 4 nitrogen and oxygen atoms in total. The molecule has 1 aromatic heterocycles.